The minimum absolute atomic E-state index is 0.0640. The largest absolute Gasteiger partial charge is 0.466 e. The Balaban J connectivity index is 2.11. The van der Waals surface area contributed by atoms with Crippen LogP contribution in [-0.4, -0.2) is 24.8 Å². The van der Waals surface area contributed by atoms with Gasteiger partial charge in [-0.2, -0.15) is 0 Å². The van der Waals surface area contributed by atoms with Crippen molar-refractivity contribution in [2.45, 2.75) is 32.5 Å². The van der Waals surface area contributed by atoms with Crippen LogP contribution in [0.4, 0.5) is 0 Å². The summed E-state index contributed by atoms with van der Waals surface area (Å²) in [5.41, 5.74) is 0.552. The number of fused-ring (bicyclic) bond motifs is 2. The average molecular weight is 222 g/mol. The topological polar surface area (TPSA) is 35.5 Å². The lowest BCUT2D eigenvalue weighted by Crippen LogP contribution is -2.32. The Bertz CT molecular complexity index is 360. The molecule has 2 rings (SSSR count). The number of rotatable bonds is 2. The summed E-state index contributed by atoms with van der Waals surface area (Å²) in [5.74, 6) is 0.0503. The zero-order valence-corrected chi connectivity index (χ0v) is 10.2. The maximum Gasteiger partial charge on any atom is 0.334 e. The summed E-state index contributed by atoms with van der Waals surface area (Å²) in [7, 11) is 1.42. The molecule has 0 saturated heterocycles. The van der Waals surface area contributed by atoms with Crippen molar-refractivity contribution < 1.29 is 14.3 Å². The Morgan fingerprint density at radius 2 is 2.00 bits per heavy atom. The van der Waals surface area contributed by atoms with Crippen molar-refractivity contribution in [1.82, 2.24) is 0 Å². The van der Waals surface area contributed by atoms with Gasteiger partial charge in [-0.3, -0.25) is 0 Å². The molecule has 0 saturated carbocycles. The van der Waals surface area contributed by atoms with Gasteiger partial charge in [0.25, 0.3) is 0 Å². The maximum atomic E-state index is 11.5. The van der Waals surface area contributed by atoms with E-state index in [0.717, 1.165) is 5.57 Å². The van der Waals surface area contributed by atoms with Crippen LogP contribution in [0, 0.1) is 11.8 Å². The van der Waals surface area contributed by atoms with Crippen LogP contribution < -0.4 is 0 Å². The smallest absolute Gasteiger partial charge is 0.334 e. The third-order valence-corrected chi connectivity index (χ3v) is 2.92. The number of methoxy groups -OCH3 is 1. The molecule has 0 aromatic rings. The molecule has 0 amide bonds. The highest BCUT2D eigenvalue weighted by molar-refractivity contribution is 5.90. The summed E-state index contributed by atoms with van der Waals surface area (Å²) < 4.78 is 10.8. The van der Waals surface area contributed by atoms with Crippen molar-refractivity contribution in [2.75, 3.05) is 7.11 Å². The van der Waals surface area contributed by atoms with E-state index in [-0.39, 0.29) is 29.5 Å². The summed E-state index contributed by atoms with van der Waals surface area (Å²) in [4.78, 5) is 11.5. The molecule has 0 heterocycles. The molecule has 3 heteroatoms. The van der Waals surface area contributed by atoms with E-state index in [2.05, 4.69) is 6.08 Å². The lowest BCUT2D eigenvalue weighted by Gasteiger charge is -2.28. The molecule has 0 fully saturated rings. The first-order valence-electron chi connectivity index (χ1n) is 5.58. The van der Waals surface area contributed by atoms with Gasteiger partial charge >= 0.3 is 5.97 Å². The second kappa shape index (κ2) is 3.74. The average Bonchev–Trinajstić information content (AvgIpc) is 2.72. The van der Waals surface area contributed by atoms with Crippen LogP contribution in [0.25, 0.3) is 0 Å². The molecule has 88 valence electrons. The Labute approximate surface area is 96.1 Å². The second-order valence-electron chi connectivity index (χ2n) is 5.30. The first kappa shape index (κ1) is 11.4. The number of hydrogen-bond donors (Lipinski definition) is 0. The Kier molecular flexibility index (Phi) is 2.66. The number of carbonyl (C=O) groups is 1. The molecule has 0 N–H and O–H groups in total. The predicted octanol–water partition coefficient (Wildman–Crippen LogP) is 2.09. The number of ether oxygens (including phenoxy) is 2. The SMILES string of the molecule is COC(=O)C1=CC2C=CC1C2OC(C)(C)C. The molecular weight excluding hydrogens is 204 g/mol. The van der Waals surface area contributed by atoms with E-state index >= 15 is 0 Å². The molecule has 0 aromatic heterocycles. The standard InChI is InChI=1S/C13H18O3/c1-13(2,3)16-11-8-5-6-9(11)10(7-8)12(14)15-4/h5-9,11H,1-4H3. The van der Waals surface area contributed by atoms with E-state index in [0.29, 0.717) is 0 Å². The predicted molar refractivity (Wildman–Crippen MR) is 60.8 cm³/mol. The van der Waals surface area contributed by atoms with Gasteiger partial charge in [-0.05, 0) is 20.8 Å². The summed E-state index contributed by atoms with van der Waals surface area (Å²) in [6.07, 6.45) is 6.18. The maximum absolute atomic E-state index is 11.5. The van der Waals surface area contributed by atoms with Crippen molar-refractivity contribution in [3.05, 3.63) is 23.8 Å². The highest BCUT2D eigenvalue weighted by Crippen LogP contribution is 2.42. The van der Waals surface area contributed by atoms with Crippen LogP contribution in [-0.2, 0) is 14.3 Å². The van der Waals surface area contributed by atoms with Gasteiger partial charge < -0.3 is 9.47 Å². The van der Waals surface area contributed by atoms with Crippen molar-refractivity contribution >= 4 is 5.97 Å². The number of carbonyl (C=O) groups excluding carboxylic acids is 1. The first-order chi connectivity index (χ1) is 7.42. The highest BCUT2D eigenvalue weighted by Gasteiger charge is 2.44. The minimum Gasteiger partial charge on any atom is -0.466 e. The molecule has 0 radical (unpaired) electrons. The highest BCUT2D eigenvalue weighted by atomic mass is 16.5. The van der Waals surface area contributed by atoms with E-state index in [1.165, 1.54) is 7.11 Å². The minimum atomic E-state index is -0.237. The normalized spacial score (nSPS) is 31.8. The molecule has 3 nitrogen and oxygen atoms in total. The molecular formula is C13H18O3. The third kappa shape index (κ3) is 1.92. The Morgan fingerprint density at radius 1 is 1.31 bits per heavy atom. The fourth-order valence-corrected chi connectivity index (χ4v) is 2.34. The van der Waals surface area contributed by atoms with Gasteiger partial charge in [0.2, 0.25) is 0 Å². The summed E-state index contributed by atoms with van der Waals surface area (Å²) in [6, 6.07) is 0. The molecule has 16 heavy (non-hydrogen) atoms. The van der Waals surface area contributed by atoms with E-state index in [4.69, 9.17) is 9.47 Å². The van der Waals surface area contributed by atoms with Gasteiger partial charge in [0.05, 0.1) is 18.8 Å². The molecule has 0 aliphatic heterocycles. The van der Waals surface area contributed by atoms with Crippen LogP contribution >= 0.6 is 0 Å². The van der Waals surface area contributed by atoms with Crippen LogP contribution in [0.5, 0.6) is 0 Å². The van der Waals surface area contributed by atoms with Crippen molar-refractivity contribution in [2.24, 2.45) is 11.8 Å². The molecule has 2 aliphatic carbocycles. The van der Waals surface area contributed by atoms with Crippen molar-refractivity contribution in [3.8, 4) is 0 Å². The first-order valence-corrected chi connectivity index (χ1v) is 5.58. The molecule has 2 bridgehead atoms. The fourth-order valence-electron chi connectivity index (χ4n) is 2.34. The van der Waals surface area contributed by atoms with Gasteiger partial charge in [-0.15, -0.1) is 0 Å². The lowest BCUT2D eigenvalue weighted by atomic mass is 10.0. The van der Waals surface area contributed by atoms with Gasteiger partial charge in [-0.25, -0.2) is 4.79 Å². The van der Waals surface area contributed by atoms with Gasteiger partial charge in [-0.1, -0.05) is 18.2 Å². The Morgan fingerprint density at radius 3 is 2.56 bits per heavy atom. The summed E-state index contributed by atoms with van der Waals surface area (Å²) in [5, 5.41) is 0. The third-order valence-electron chi connectivity index (χ3n) is 2.92. The number of esters is 1. The van der Waals surface area contributed by atoms with Crippen molar-refractivity contribution in [1.29, 1.82) is 0 Å². The van der Waals surface area contributed by atoms with Gasteiger partial charge in [0, 0.05) is 17.4 Å². The van der Waals surface area contributed by atoms with Crippen LogP contribution in [0.15, 0.2) is 23.8 Å². The van der Waals surface area contributed by atoms with E-state index in [9.17, 15) is 4.79 Å². The van der Waals surface area contributed by atoms with Crippen LogP contribution in [0.2, 0.25) is 0 Å². The molecule has 2 aliphatic rings. The van der Waals surface area contributed by atoms with E-state index in [1.54, 1.807) is 0 Å². The zero-order valence-electron chi connectivity index (χ0n) is 10.2. The van der Waals surface area contributed by atoms with E-state index in [1.807, 2.05) is 32.9 Å². The van der Waals surface area contributed by atoms with Gasteiger partial charge in [0.1, 0.15) is 0 Å². The van der Waals surface area contributed by atoms with Crippen molar-refractivity contribution in [3.63, 3.8) is 0 Å². The Hall–Kier alpha value is -1.09. The quantitative estimate of drug-likeness (QED) is 0.530. The fraction of sp³-hybridized carbons (Fsp3) is 0.615. The number of hydrogen-bond acceptors (Lipinski definition) is 3. The van der Waals surface area contributed by atoms with Crippen LogP contribution in [0.1, 0.15) is 20.8 Å². The zero-order chi connectivity index (χ0) is 11.9. The molecule has 3 unspecified atom stereocenters. The summed E-state index contributed by atoms with van der Waals surface area (Å²) in [6.45, 7) is 6.09. The van der Waals surface area contributed by atoms with E-state index < -0.39 is 0 Å². The van der Waals surface area contributed by atoms with Gasteiger partial charge in [0.15, 0.2) is 0 Å². The lowest BCUT2D eigenvalue weighted by molar-refractivity contribution is -0.137. The van der Waals surface area contributed by atoms with Crippen LogP contribution in [0.3, 0.4) is 0 Å². The summed E-state index contributed by atoms with van der Waals surface area (Å²) >= 11 is 0. The molecule has 3 atom stereocenters. The second-order valence-corrected chi connectivity index (χ2v) is 5.30. The monoisotopic (exact) mass is 222 g/mol. The molecule has 0 aromatic carbocycles. The molecule has 0 spiro atoms.